The van der Waals surface area contributed by atoms with Crippen LogP contribution in [0, 0.1) is 0 Å². The van der Waals surface area contributed by atoms with E-state index in [2.05, 4.69) is 31.9 Å². The predicted octanol–water partition coefficient (Wildman–Crippen LogP) is 3.52. The molecule has 82 valence electrons. The molecule has 0 N–H and O–H groups in total. The van der Waals surface area contributed by atoms with Crippen LogP contribution in [0.25, 0.3) is 0 Å². The number of alkyl halides is 2. The molecule has 0 atom stereocenters. The van der Waals surface area contributed by atoms with Crippen LogP contribution in [0.5, 0.6) is 0 Å². The van der Waals surface area contributed by atoms with Crippen LogP contribution in [-0.4, -0.2) is 16.3 Å². The lowest BCUT2D eigenvalue weighted by Gasteiger charge is -2.05. The molecule has 4 heteroatoms. The first-order chi connectivity index (χ1) is 7.13. The monoisotopic (exact) mass is 334 g/mol. The SMILES string of the molecule is CCOC(=O)c1cccc(CC(Br)Br)c1. The van der Waals surface area contributed by atoms with Crippen LogP contribution >= 0.6 is 31.9 Å². The summed E-state index contributed by atoms with van der Waals surface area (Å²) in [7, 11) is 0. The molecule has 0 aliphatic rings. The van der Waals surface area contributed by atoms with Crippen LogP contribution in [-0.2, 0) is 11.2 Å². The fourth-order valence-corrected chi connectivity index (χ4v) is 1.97. The molecule has 0 saturated heterocycles. The summed E-state index contributed by atoms with van der Waals surface area (Å²) in [5.41, 5.74) is 1.70. The standard InChI is InChI=1S/C11H12Br2O2/c1-2-15-11(14)9-5-3-4-8(6-9)7-10(12)13/h3-6,10H,2,7H2,1H3. The zero-order valence-electron chi connectivity index (χ0n) is 8.37. The number of carbonyl (C=O) groups is 1. The van der Waals surface area contributed by atoms with Crippen molar-refractivity contribution in [3.8, 4) is 0 Å². The Morgan fingerprint density at radius 3 is 2.80 bits per heavy atom. The van der Waals surface area contributed by atoms with Gasteiger partial charge in [-0.1, -0.05) is 44.0 Å². The molecule has 0 heterocycles. The van der Waals surface area contributed by atoms with Crippen molar-refractivity contribution >= 4 is 37.8 Å². The molecule has 15 heavy (non-hydrogen) atoms. The Kier molecular flexibility index (Phi) is 5.32. The van der Waals surface area contributed by atoms with Gasteiger partial charge in [-0.25, -0.2) is 4.79 Å². The normalized spacial score (nSPS) is 10.4. The predicted molar refractivity (Wildman–Crippen MR) is 67.7 cm³/mol. The lowest BCUT2D eigenvalue weighted by atomic mass is 10.1. The molecule has 0 spiro atoms. The van der Waals surface area contributed by atoms with Crippen molar-refractivity contribution in [3.05, 3.63) is 35.4 Å². The molecule has 1 aromatic rings. The number of benzene rings is 1. The number of halogens is 2. The lowest BCUT2D eigenvalue weighted by Crippen LogP contribution is -2.05. The molecule has 0 aliphatic carbocycles. The number of hydrogen-bond donors (Lipinski definition) is 0. The fraction of sp³-hybridized carbons (Fsp3) is 0.364. The van der Waals surface area contributed by atoms with Crippen LogP contribution in [0.4, 0.5) is 0 Å². The van der Waals surface area contributed by atoms with Gasteiger partial charge in [0.25, 0.3) is 0 Å². The van der Waals surface area contributed by atoms with Gasteiger partial charge in [-0.05, 0) is 31.0 Å². The molecule has 0 amide bonds. The maximum Gasteiger partial charge on any atom is 0.338 e. The Bertz CT molecular complexity index is 337. The van der Waals surface area contributed by atoms with Crippen molar-refractivity contribution in [2.75, 3.05) is 6.61 Å². The third-order valence-corrected chi connectivity index (χ3v) is 2.48. The maximum absolute atomic E-state index is 11.4. The van der Waals surface area contributed by atoms with Gasteiger partial charge in [0.2, 0.25) is 0 Å². The number of rotatable bonds is 4. The highest BCUT2D eigenvalue weighted by Gasteiger charge is 2.07. The minimum Gasteiger partial charge on any atom is -0.462 e. The van der Waals surface area contributed by atoms with E-state index in [0.29, 0.717) is 12.2 Å². The van der Waals surface area contributed by atoms with Gasteiger partial charge in [0.1, 0.15) is 0 Å². The van der Waals surface area contributed by atoms with Gasteiger partial charge in [0.05, 0.1) is 15.9 Å². The van der Waals surface area contributed by atoms with E-state index in [1.807, 2.05) is 18.2 Å². The van der Waals surface area contributed by atoms with Crippen LogP contribution < -0.4 is 0 Å². The van der Waals surface area contributed by atoms with E-state index >= 15 is 0 Å². The van der Waals surface area contributed by atoms with E-state index in [9.17, 15) is 4.79 Å². The zero-order chi connectivity index (χ0) is 11.3. The summed E-state index contributed by atoms with van der Waals surface area (Å²) < 4.78 is 5.15. The Hall–Kier alpha value is -0.350. The summed E-state index contributed by atoms with van der Waals surface area (Å²) in [5, 5.41) is 0. The molecule has 2 nitrogen and oxygen atoms in total. The van der Waals surface area contributed by atoms with E-state index in [-0.39, 0.29) is 9.71 Å². The average Bonchev–Trinajstić information content (AvgIpc) is 2.17. The molecule has 1 rings (SSSR count). The number of ether oxygens (including phenoxy) is 1. The largest absolute Gasteiger partial charge is 0.462 e. The second-order valence-corrected chi connectivity index (χ2v) is 6.46. The van der Waals surface area contributed by atoms with E-state index in [4.69, 9.17) is 4.74 Å². The third-order valence-electron chi connectivity index (χ3n) is 1.83. The fourth-order valence-electron chi connectivity index (χ4n) is 1.22. The Labute approximate surface area is 106 Å². The highest BCUT2D eigenvalue weighted by molar-refractivity contribution is 9.24. The number of hydrogen-bond acceptors (Lipinski definition) is 2. The number of esters is 1. The van der Waals surface area contributed by atoms with Gasteiger partial charge in [-0.15, -0.1) is 0 Å². The first kappa shape index (κ1) is 12.7. The van der Waals surface area contributed by atoms with Crippen LogP contribution in [0.2, 0.25) is 0 Å². The van der Waals surface area contributed by atoms with Gasteiger partial charge >= 0.3 is 5.97 Å². The van der Waals surface area contributed by atoms with Crippen LogP contribution in [0.1, 0.15) is 22.8 Å². The lowest BCUT2D eigenvalue weighted by molar-refractivity contribution is 0.0526. The Morgan fingerprint density at radius 2 is 2.20 bits per heavy atom. The molecule has 0 fully saturated rings. The van der Waals surface area contributed by atoms with Crippen molar-refractivity contribution in [1.82, 2.24) is 0 Å². The summed E-state index contributed by atoms with van der Waals surface area (Å²) in [6.45, 7) is 2.21. The van der Waals surface area contributed by atoms with Crippen LogP contribution in [0.3, 0.4) is 0 Å². The zero-order valence-corrected chi connectivity index (χ0v) is 11.5. The van der Waals surface area contributed by atoms with Gasteiger partial charge in [-0.2, -0.15) is 0 Å². The van der Waals surface area contributed by atoms with Gasteiger partial charge in [0, 0.05) is 0 Å². The highest BCUT2D eigenvalue weighted by atomic mass is 79.9. The second kappa shape index (κ2) is 6.28. The van der Waals surface area contributed by atoms with E-state index < -0.39 is 0 Å². The minimum absolute atomic E-state index is 0.224. The average molecular weight is 336 g/mol. The number of carbonyl (C=O) groups excluding carboxylic acids is 1. The molecule has 0 aliphatic heterocycles. The molecule has 0 saturated carbocycles. The molecular formula is C11H12Br2O2. The maximum atomic E-state index is 11.4. The highest BCUT2D eigenvalue weighted by Crippen LogP contribution is 2.16. The topological polar surface area (TPSA) is 26.3 Å². The van der Waals surface area contributed by atoms with E-state index in [0.717, 1.165) is 12.0 Å². The Balaban J connectivity index is 2.78. The molecule has 0 radical (unpaired) electrons. The second-order valence-electron chi connectivity index (χ2n) is 3.02. The van der Waals surface area contributed by atoms with Gasteiger partial charge < -0.3 is 4.74 Å². The summed E-state index contributed by atoms with van der Waals surface area (Å²) in [4.78, 5) is 11.4. The van der Waals surface area contributed by atoms with Gasteiger partial charge in [0.15, 0.2) is 0 Å². The van der Waals surface area contributed by atoms with Crippen LogP contribution in [0.15, 0.2) is 24.3 Å². The van der Waals surface area contributed by atoms with Crippen molar-refractivity contribution in [3.63, 3.8) is 0 Å². The van der Waals surface area contributed by atoms with Crippen molar-refractivity contribution in [2.45, 2.75) is 17.1 Å². The molecular weight excluding hydrogens is 324 g/mol. The summed E-state index contributed by atoms with van der Waals surface area (Å²) in [6, 6.07) is 7.47. The van der Waals surface area contributed by atoms with Gasteiger partial charge in [-0.3, -0.25) is 0 Å². The summed E-state index contributed by atoms with van der Waals surface area (Å²) in [5.74, 6) is -0.264. The van der Waals surface area contributed by atoms with Crippen molar-refractivity contribution in [2.24, 2.45) is 0 Å². The Morgan fingerprint density at radius 1 is 1.47 bits per heavy atom. The smallest absolute Gasteiger partial charge is 0.338 e. The first-order valence-corrected chi connectivity index (χ1v) is 6.50. The van der Waals surface area contributed by atoms with E-state index in [1.54, 1.807) is 13.0 Å². The van der Waals surface area contributed by atoms with Crippen molar-refractivity contribution in [1.29, 1.82) is 0 Å². The molecule has 1 aromatic carbocycles. The quantitative estimate of drug-likeness (QED) is 0.621. The first-order valence-electron chi connectivity index (χ1n) is 4.67. The molecule has 0 aromatic heterocycles. The minimum atomic E-state index is -0.264. The molecule has 0 bridgehead atoms. The van der Waals surface area contributed by atoms with Crippen molar-refractivity contribution < 1.29 is 9.53 Å². The third kappa shape index (κ3) is 4.34. The summed E-state index contributed by atoms with van der Waals surface area (Å²) >= 11 is 6.81. The summed E-state index contributed by atoms with van der Waals surface area (Å²) in [6.07, 6.45) is 0.827. The molecule has 0 unspecified atom stereocenters. The van der Waals surface area contributed by atoms with E-state index in [1.165, 1.54) is 0 Å².